The van der Waals surface area contributed by atoms with E-state index in [-0.39, 0.29) is 5.75 Å². The molecule has 0 aromatic heterocycles. The van der Waals surface area contributed by atoms with E-state index in [1.54, 1.807) is 12.1 Å². The molecule has 16 heavy (non-hydrogen) atoms. The number of phenolic OH excluding ortho intramolecular Hbond substituents is 1. The summed E-state index contributed by atoms with van der Waals surface area (Å²) >= 11 is 0. The smallest absolute Gasteiger partial charge is 0.116 e. The number of phenols is 1. The molecule has 0 bridgehead atoms. The van der Waals surface area contributed by atoms with Gasteiger partial charge in [0.1, 0.15) is 5.75 Å². The summed E-state index contributed by atoms with van der Waals surface area (Å²) in [6.45, 7) is 1.93. The maximum absolute atomic E-state index is 9.37. The van der Waals surface area contributed by atoms with Crippen molar-refractivity contribution in [1.29, 1.82) is 0 Å². The van der Waals surface area contributed by atoms with Crippen molar-refractivity contribution in [3.63, 3.8) is 0 Å². The Morgan fingerprint density at radius 3 is 2.44 bits per heavy atom. The minimum Gasteiger partial charge on any atom is -0.508 e. The van der Waals surface area contributed by atoms with Gasteiger partial charge in [-0.1, -0.05) is 30.3 Å². The molecular formula is C14H13NO. The first-order valence-electron chi connectivity index (χ1n) is 5.15. The van der Waals surface area contributed by atoms with Crippen molar-refractivity contribution in [2.75, 3.05) is 0 Å². The highest BCUT2D eigenvalue weighted by atomic mass is 16.3. The van der Waals surface area contributed by atoms with Crippen LogP contribution in [0.15, 0.2) is 59.6 Å². The van der Waals surface area contributed by atoms with Crippen LogP contribution in [0.5, 0.6) is 5.75 Å². The normalized spacial score (nSPS) is 11.4. The third kappa shape index (κ3) is 2.48. The van der Waals surface area contributed by atoms with Gasteiger partial charge in [-0.3, -0.25) is 4.99 Å². The summed E-state index contributed by atoms with van der Waals surface area (Å²) in [6.07, 6.45) is 0. The second-order valence-corrected chi connectivity index (χ2v) is 3.58. The average Bonchev–Trinajstić information content (AvgIpc) is 2.30. The number of hydrogen-bond donors (Lipinski definition) is 1. The van der Waals surface area contributed by atoms with Gasteiger partial charge in [0.15, 0.2) is 0 Å². The van der Waals surface area contributed by atoms with E-state index in [0.717, 1.165) is 17.0 Å². The Morgan fingerprint density at radius 2 is 1.75 bits per heavy atom. The minimum atomic E-state index is 0.264. The van der Waals surface area contributed by atoms with Crippen molar-refractivity contribution in [3.05, 3.63) is 60.2 Å². The molecule has 0 atom stereocenters. The highest BCUT2D eigenvalue weighted by Gasteiger charge is 1.98. The van der Waals surface area contributed by atoms with Gasteiger partial charge in [-0.15, -0.1) is 0 Å². The van der Waals surface area contributed by atoms with Gasteiger partial charge in [0, 0.05) is 5.71 Å². The molecule has 1 N–H and O–H groups in total. The van der Waals surface area contributed by atoms with Crippen LogP contribution in [-0.2, 0) is 0 Å². The van der Waals surface area contributed by atoms with Crippen LogP contribution in [0.2, 0.25) is 0 Å². The molecule has 0 heterocycles. The number of aliphatic imine (C=N–C) groups is 1. The molecule has 80 valence electrons. The molecular weight excluding hydrogens is 198 g/mol. The maximum Gasteiger partial charge on any atom is 0.116 e. The third-order valence-electron chi connectivity index (χ3n) is 2.32. The van der Waals surface area contributed by atoms with Crippen LogP contribution in [0.3, 0.4) is 0 Å². The van der Waals surface area contributed by atoms with E-state index in [1.807, 2.05) is 49.4 Å². The summed E-state index contributed by atoms with van der Waals surface area (Å²) in [4.78, 5) is 4.48. The largest absolute Gasteiger partial charge is 0.508 e. The zero-order valence-electron chi connectivity index (χ0n) is 9.09. The zero-order valence-corrected chi connectivity index (χ0v) is 9.09. The lowest BCUT2D eigenvalue weighted by atomic mass is 10.1. The summed E-state index contributed by atoms with van der Waals surface area (Å²) in [5.74, 6) is 0.264. The lowest BCUT2D eigenvalue weighted by Crippen LogP contribution is -1.92. The summed E-state index contributed by atoms with van der Waals surface area (Å²) in [7, 11) is 0. The molecule has 0 saturated carbocycles. The van der Waals surface area contributed by atoms with Crippen LogP contribution in [0.4, 0.5) is 5.69 Å². The number of hydrogen-bond acceptors (Lipinski definition) is 2. The van der Waals surface area contributed by atoms with E-state index < -0.39 is 0 Å². The van der Waals surface area contributed by atoms with Gasteiger partial charge in [0.25, 0.3) is 0 Å². The molecule has 0 aliphatic heterocycles. The van der Waals surface area contributed by atoms with Gasteiger partial charge in [-0.25, -0.2) is 0 Å². The molecule has 2 nitrogen and oxygen atoms in total. The van der Waals surface area contributed by atoms with Gasteiger partial charge in [0.05, 0.1) is 5.69 Å². The highest BCUT2D eigenvalue weighted by molar-refractivity contribution is 6.00. The first-order chi connectivity index (χ1) is 7.75. The average molecular weight is 211 g/mol. The number of rotatable bonds is 2. The first-order valence-corrected chi connectivity index (χ1v) is 5.15. The van der Waals surface area contributed by atoms with E-state index in [2.05, 4.69) is 4.99 Å². The van der Waals surface area contributed by atoms with Crippen molar-refractivity contribution in [2.45, 2.75) is 6.92 Å². The second-order valence-electron chi connectivity index (χ2n) is 3.58. The van der Waals surface area contributed by atoms with Gasteiger partial charge < -0.3 is 5.11 Å². The molecule has 2 rings (SSSR count). The van der Waals surface area contributed by atoms with E-state index in [4.69, 9.17) is 0 Å². The van der Waals surface area contributed by atoms with E-state index in [1.165, 1.54) is 0 Å². The van der Waals surface area contributed by atoms with Crippen LogP contribution in [0.1, 0.15) is 12.5 Å². The summed E-state index contributed by atoms with van der Waals surface area (Å²) in [5.41, 5.74) is 2.74. The molecule has 2 aromatic rings. The summed E-state index contributed by atoms with van der Waals surface area (Å²) in [6, 6.07) is 16.9. The van der Waals surface area contributed by atoms with Gasteiger partial charge in [-0.05, 0) is 36.8 Å². The first kappa shape index (κ1) is 10.4. The van der Waals surface area contributed by atoms with Gasteiger partial charge in [0.2, 0.25) is 0 Å². The second kappa shape index (κ2) is 4.62. The van der Waals surface area contributed by atoms with Gasteiger partial charge >= 0.3 is 0 Å². The molecule has 0 aliphatic rings. The molecule has 2 aromatic carbocycles. The Labute approximate surface area is 94.9 Å². The Bertz CT molecular complexity index is 503. The van der Waals surface area contributed by atoms with Crippen LogP contribution >= 0.6 is 0 Å². The van der Waals surface area contributed by atoms with Crippen LogP contribution < -0.4 is 0 Å². The molecule has 0 saturated heterocycles. The fourth-order valence-electron chi connectivity index (χ4n) is 1.49. The van der Waals surface area contributed by atoms with Crippen molar-refractivity contribution >= 4 is 11.4 Å². The number of aromatic hydroxyl groups is 1. The highest BCUT2D eigenvalue weighted by Crippen LogP contribution is 2.16. The SMILES string of the molecule is CC(=Nc1ccccc1)c1cccc(O)c1. The monoisotopic (exact) mass is 211 g/mol. The van der Waals surface area contributed by atoms with Crippen molar-refractivity contribution in [2.24, 2.45) is 4.99 Å². The standard InChI is InChI=1S/C14H13NO/c1-11(12-6-5-9-14(16)10-12)15-13-7-3-2-4-8-13/h2-10,16H,1H3. The van der Waals surface area contributed by atoms with Crippen LogP contribution in [0.25, 0.3) is 0 Å². The van der Waals surface area contributed by atoms with Crippen molar-refractivity contribution in [1.82, 2.24) is 0 Å². The predicted molar refractivity (Wildman–Crippen MR) is 66.4 cm³/mol. The maximum atomic E-state index is 9.37. The lowest BCUT2D eigenvalue weighted by molar-refractivity contribution is 0.475. The Morgan fingerprint density at radius 1 is 1.00 bits per heavy atom. The molecule has 2 heteroatoms. The number of benzene rings is 2. The van der Waals surface area contributed by atoms with Gasteiger partial charge in [-0.2, -0.15) is 0 Å². The Kier molecular flexibility index (Phi) is 3.01. The fraction of sp³-hybridized carbons (Fsp3) is 0.0714. The molecule has 0 spiro atoms. The lowest BCUT2D eigenvalue weighted by Gasteiger charge is -2.01. The topological polar surface area (TPSA) is 32.6 Å². The molecule has 0 amide bonds. The third-order valence-corrected chi connectivity index (χ3v) is 2.32. The number of para-hydroxylation sites is 1. The molecule has 0 fully saturated rings. The molecule has 0 unspecified atom stereocenters. The Hall–Kier alpha value is -2.09. The van der Waals surface area contributed by atoms with Crippen molar-refractivity contribution < 1.29 is 5.11 Å². The Balaban J connectivity index is 2.32. The number of nitrogens with zero attached hydrogens (tertiary/aromatic N) is 1. The van der Waals surface area contributed by atoms with E-state index in [0.29, 0.717) is 0 Å². The quantitative estimate of drug-likeness (QED) is 0.757. The van der Waals surface area contributed by atoms with Crippen LogP contribution in [0, 0.1) is 0 Å². The van der Waals surface area contributed by atoms with E-state index >= 15 is 0 Å². The molecule has 0 radical (unpaired) electrons. The van der Waals surface area contributed by atoms with Crippen LogP contribution in [-0.4, -0.2) is 10.8 Å². The molecule has 0 aliphatic carbocycles. The van der Waals surface area contributed by atoms with E-state index in [9.17, 15) is 5.11 Å². The van der Waals surface area contributed by atoms with Crippen molar-refractivity contribution in [3.8, 4) is 5.75 Å². The fourth-order valence-corrected chi connectivity index (χ4v) is 1.49. The predicted octanol–water partition coefficient (Wildman–Crippen LogP) is 3.53. The minimum absolute atomic E-state index is 0.264. The summed E-state index contributed by atoms with van der Waals surface area (Å²) < 4.78 is 0. The zero-order chi connectivity index (χ0) is 11.4. The summed E-state index contributed by atoms with van der Waals surface area (Å²) in [5, 5.41) is 9.37.